The molecule has 0 aromatic heterocycles. The average Bonchev–Trinajstić information content (AvgIpc) is 3.69. The van der Waals surface area contributed by atoms with Crippen molar-refractivity contribution in [3.63, 3.8) is 0 Å². The van der Waals surface area contributed by atoms with Crippen LogP contribution in [0.2, 0.25) is 0 Å². The third kappa shape index (κ3) is 9.47. The minimum Gasteiger partial charge on any atom is -0.305 e. The highest BCUT2D eigenvalue weighted by Gasteiger charge is 2.49. The molecule has 4 nitrogen and oxygen atoms in total. The predicted molar refractivity (Wildman–Crippen MR) is 252 cm³/mol. The molecule has 2 aliphatic heterocycles. The van der Waals surface area contributed by atoms with Crippen LogP contribution in [0, 0.1) is 0 Å². The normalized spacial score (nSPS) is 25.3. The maximum Gasteiger partial charge on any atom is 0.171 e. The lowest BCUT2D eigenvalue weighted by Crippen LogP contribution is -2.16. The van der Waals surface area contributed by atoms with Gasteiger partial charge in [0, 0.05) is 0 Å². The number of benzene rings is 4. The van der Waals surface area contributed by atoms with Crippen molar-refractivity contribution < 1.29 is 9.13 Å². The van der Waals surface area contributed by atoms with E-state index in [0.717, 1.165) is 24.0 Å². The van der Waals surface area contributed by atoms with Gasteiger partial charge in [0.25, 0.3) is 0 Å². The van der Waals surface area contributed by atoms with E-state index in [1.165, 1.54) is 33.4 Å². The number of hydrogen-bond donors (Lipinski definition) is 0. The molecule has 0 radical (unpaired) electrons. The summed E-state index contributed by atoms with van der Waals surface area (Å²) < 4.78 is 32.9. The van der Waals surface area contributed by atoms with Gasteiger partial charge >= 0.3 is 0 Å². The second-order valence-electron chi connectivity index (χ2n) is 21.4. The first-order chi connectivity index (χ1) is 26.7. The molecule has 0 aliphatic carbocycles. The van der Waals surface area contributed by atoms with Crippen LogP contribution in [0.25, 0.3) is 0 Å². The maximum atomic E-state index is 14.5. The summed E-state index contributed by atoms with van der Waals surface area (Å²) in [5.74, 6) is 0. The largest absolute Gasteiger partial charge is 0.305 e. The molecule has 0 saturated carbocycles. The van der Waals surface area contributed by atoms with E-state index in [1.807, 2.05) is 37.5 Å². The minimum absolute atomic E-state index is 0.0705. The van der Waals surface area contributed by atoms with Crippen LogP contribution in [0.5, 0.6) is 0 Å². The quantitative estimate of drug-likeness (QED) is 0.143. The van der Waals surface area contributed by atoms with E-state index in [0.29, 0.717) is 0 Å². The summed E-state index contributed by atoms with van der Waals surface area (Å²) in [5, 5.41) is 0. The van der Waals surface area contributed by atoms with Crippen molar-refractivity contribution >= 4 is 14.6 Å². The van der Waals surface area contributed by atoms with Gasteiger partial charge in [0.1, 0.15) is 0 Å². The highest BCUT2D eigenvalue weighted by atomic mass is 31.2. The van der Waals surface area contributed by atoms with E-state index >= 15 is 0 Å². The molecule has 6 atom stereocenters. The summed E-state index contributed by atoms with van der Waals surface area (Å²) in [4.78, 5) is 0. The Bertz CT molecular complexity index is 1970. The molecule has 314 valence electrons. The van der Waals surface area contributed by atoms with Crippen LogP contribution < -0.4 is 0 Å². The molecule has 4 aromatic rings. The van der Waals surface area contributed by atoms with Gasteiger partial charge in [-0.25, -0.2) is 0 Å². The Balaban J connectivity index is 0.000000221. The summed E-state index contributed by atoms with van der Waals surface area (Å²) in [6.45, 7) is 26.7. The number of allylic oxidation sites excluding steroid dienone is 2. The molecule has 1 saturated heterocycles. The standard InChI is InChI=1S/C26H38NOP.C26H36NOP/c2*1-25(2,3)21-13-9-19(10-14-21)23-17-18-24(29(23,28)27(7)8)20-11-15-22(16-12-20)26(4,5)6/h9-16,23-24H,17-18H2,1-8H3;9-18,23-24H,1-8H3/t2*23-,24+,29?. The lowest BCUT2D eigenvalue weighted by Gasteiger charge is -2.33. The second-order valence-corrected chi connectivity index (χ2v) is 28.1. The fourth-order valence-corrected chi connectivity index (χ4v) is 15.8. The first-order valence-electron chi connectivity index (χ1n) is 21.3. The molecule has 2 heterocycles. The zero-order chi connectivity index (χ0) is 43.2. The third-order valence-corrected chi connectivity index (χ3v) is 20.6. The van der Waals surface area contributed by atoms with Crippen molar-refractivity contribution in [1.29, 1.82) is 0 Å². The monoisotopic (exact) mass is 821 g/mol. The van der Waals surface area contributed by atoms with Crippen LogP contribution in [-0.2, 0) is 30.8 Å². The molecule has 0 spiro atoms. The molecule has 4 aromatic carbocycles. The smallest absolute Gasteiger partial charge is 0.171 e. The molecule has 2 unspecified atom stereocenters. The van der Waals surface area contributed by atoms with E-state index in [9.17, 15) is 9.13 Å². The van der Waals surface area contributed by atoms with Crippen molar-refractivity contribution in [3.05, 3.63) is 154 Å². The lowest BCUT2D eigenvalue weighted by atomic mass is 9.86. The Morgan fingerprint density at radius 2 is 0.603 bits per heavy atom. The van der Waals surface area contributed by atoms with Gasteiger partial charge in [0.05, 0.1) is 22.6 Å². The molecule has 6 rings (SSSR count). The molecule has 58 heavy (non-hydrogen) atoms. The van der Waals surface area contributed by atoms with Crippen LogP contribution in [-0.4, -0.2) is 37.5 Å². The Kier molecular flexibility index (Phi) is 13.4. The first kappa shape index (κ1) is 46.1. The van der Waals surface area contributed by atoms with Gasteiger partial charge < -0.3 is 9.13 Å². The maximum absolute atomic E-state index is 14.5. The average molecular weight is 821 g/mol. The molecular formula is C52H74N2O2P2. The van der Waals surface area contributed by atoms with Gasteiger partial charge in [-0.05, 0) is 107 Å². The van der Waals surface area contributed by atoms with Crippen LogP contribution >= 0.6 is 14.6 Å². The number of nitrogens with zero attached hydrogens (tertiary/aromatic N) is 2. The van der Waals surface area contributed by atoms with Gasteiger partial charge in [-0.2, -0.15) is 0 Å². The van der Waals surface area contributed by atoms with Gasteiger partial charge in [0.15, 0.2) is 14.6 Å². The number of hydrogen-bond acceptors (Lipinski definition) is 2. The highest BCUT2D eigenvalue weighted by molar-refractivity contribution is 7.63. The van der Waals surface area contributed by atoms with Crippen molar-refractivity contribution in [2.45, 2.75) is 140 Å². The zero-order valence-corrected chi connectivity index (χ0v) is 40.5. The Morgan fingerprint density at radius 3 is 0.810 bits per heavy atom. The van der Waals surface area contributed by atoms with Gasteiger partial charge in [-0.1, -0.05) is 192 Å². The Morgan fingerprint density at radius 1 is 0.379 bits per heavy atom. The van der Waals surface area contributed by atoms with E-state index in [2.05, 4.69) is 192 Å². The molecule has 2 aliphatic rings. The molecule has 0 bridgehead atoms. The van der Waals surface area contributed by atoms with Gasteiger partial charge in [-0.3, -0.25) is 9.34 Å². The SMILES string of the molecule is CN(C)P1(=O)[C@@H](c2ccc(C(C)(C)C)cc2)C=C[C@H]1c1ccc(C(C)(C)C)cc1.CN(C)P1(=O)[C@@H](c2ccc(C(C)(C)C)cc2)CC[C@H]1c1ccc(C(C)(C)C)cc1. The third-order valence-electron chi connectivity index (χ3n) is 12.7. The van der Waals surface area contributed by atoms with Crippen molar-refractivity contribution in [3.8, 4) is 0 Å². The van der Waals surface area contributed by atoms with Crippen molar-refractivity contribution in [1.82, 2.24) is 9.34 Å². The van der Waals surface area contributed by atoms with Crippen LogP contribution in [0.1, 0.15) is 163 Å². The summed E-state index contributed by atoms with van der Waals surface area (Å²) in [7, 11) is 2.64. The van der Waals surface area contributed by atoms with E-state index in [-0.39, 0.29) is 44.3 Å². The Hall–Kier alpha value is -3.00. The fraction of sp³-hybridized carbons (Fsp3) is 0.500. The van der Waals surface area contributed by atoms with Crippen molar-refractivity contribution in [2.75, 3.05) is 28.2 Å². The summed E-state index contributed by atoms with van der Waals surface area (Å²) in [6.07, 6.45) is 6.29. The first-order valence-corrected chi connectivity index (χ1v) is 24.9. The van der Waals surface area contributed by atoms with Crippen LogP contribution in [0.15, 0.2) is 109 Å². The van der Waals surface area contributed by atoms with Crippen LogP contribution in [0.3, 0.4) is 0 Å². The van der Waals surface area contributed by atoms with E-state index < -0.39 is 14.6 Å². The topological polar surface area (TPSA) is 40.6 Å². The number of rotatable bonds is 6. The molecular weight excluding hydrogens is 747 g/mol. The summed E-state index contributed by atoms with van der Waals surface area (Å²) >= 11 is 0. The fourth-order valence-electron chi connectivity index (χ4n) is 8.77. The van der Waals surface area contributed by atoms with Gasteiger partial charge in [-0.15, -0.1) is 0 Å². The summed E-state index contributed by atoms with van der Waals surface area (Å²) in [5.41, 5.74) is 10.6. The molecule has 1 fully saturated rings. The highest BCUT2D eigenvalue weighted by Crippen LogP contribution is 2.77. The lowest BCUT2D eigenvalue weighted by molar-refractivity contribution is 0.502. The predicted octanol–water partition coefficient (Wildman–Crippen LogP) is 15.2. The summed E-state index contributed by atoms with van der Waals surface area (Å²) in [6, 6.07) is 35.2. The second kappa shape index (κ2) is 16.8. The van der Waals surface area contributed by atoms with Crippen LogP contribution in [0.4, 0.5) is 0 Å². The van der Waals surface area contributed by atoms with E-state index in [1.54, 1.807) is 0 Å². The molecule has 6 heteroatoms. The Labute approximate surface area is 353 Å². The van der Waals surface area contributed by atoms with Crippen molar-refractivity contribution in [2.24, 2.45) is 0 Å². The minimum atomic E-state index is -2.70. The van der Waals surface area contributed by atoms with Gasteiger partial charge in [0.2, 0.25) is 0 Å². The van der Waals surface area contributed by atoms with E-state index in [4.69, 9.17) is 0 Å². The zero-order valence-electron chi connectivity index (χ0n) is 38.7. The molecule has 0 amide bonds. The molecule has 0 N–H and O–H groups in total.